The number of hydrogen-bond acceptors (Lipinski definition) is 1. The van der Waals surface area contributed by atoms with E-state index < -0.39 is 0 Å². The zero-order chi connectivity index (χ0) is 37.3. The van der Waals surface area contributed by atoms with Crippen LogP contribution in [0.4, 0.5) is 17.1 Å². The molecule has 2 heteroatoms. The predicted octanol–water partition coefficient (Wildman–Crippen LogP) is 14.9. The lowest BCUT2D eigenvalue weighted by molar-refractivity contribution is 1.18. The van der Waals surface area contributed by atoms with Crippen LogP contribution >= 0.6 is 0 Å². The van der Waals surface area contributed by atoms with Crippen LogP contribution in [0.3, 0.4) is 0 Å². The van der Waals surface area contributed by atoms with Gasteiger partial charge in [-0.1, -0.05) is 170 Å². The van der Waals surface area contributed by atoms with Gasteiger partial charge in [-0.05, 0) is 105 Å². The van der Waals surface area contributed by atoms with E-state index in [0.717, 1.165) is 28.3 Å². The molecule has 56 heavy (non-hydrogen) atoms. The van der Waals surface area contributed by atoms with Gasteiger partial charge in [0.2, 0.25) is 0 Å². The van der Waals surface area contributed by atoms with E-state index in [9.17, 15) is 0 Å². The Kier molecular flexibility index (Phi) is 8.55. The van der Waals surface area contributed by atoms with Crippen LogP contribution in [0.1, 0.15) is 0 Å². The number of nitrogens with zero attached hydrogens (tertiary/aromatic N) is 2. The van der Waals surface area contributed by atoms with E-state index in [4.69, 9.17) is 0 Å². The SMILES string of the molecule is c1ccc(-c2ccc(-c3ccc(N(c4ccccc4)c4cccc(-c5ccccc5-c5cccc6c5c5ccccc5n6-c5ccccc5)c4)cc3)cc2)cc1. The molecule has 0 bridgehead atoms. The number of hydrogen-bond donors (Lipinski definition) is 0. The second kappa shape index (κ2) is 14.4. The molecular formula is C54H38N2. The zero-order valence-electron chi connectivity index (χ0n) is 30.8. The number of aromatic nitrogens is 1. The van der Waals surface area contributed by atoms with Crippen molar-refractivity contribution in [2.24, 2.45) is 0 Å². The molecule has 0 spiro atoms. The lowest BCUT2D eigenvalue weighted by Gasteiger charge is -2.26. The summed E-state index contributed by atoms with van der Waals surface area (Å²) in [4.78, 5) is 2.35. The van der Waals surface area contributed by atoms with Gasteiger partial charge in [-0.2, -0.15) is 0 Å². The highest BCUT2D eigenvalue weighted by atomic mass is 15.1. The minimum atomic E-state index is 1.10. The lowest BCUT2D eigenvalue weighted by atomic mass is 9.91. The highest BCUT2D eigenvalue weighted by Crippen LogP contribution is 2.43. The molecule has 0 saturated heterocycles. The molecule has 1 heterocycles. The molecule has 1 aromatic heterocycles. The van der Waals surface area contributed by atoms with Crippen LogP contribution in [0.5, 0.6) is 0 Å². The maximum absolute atomic E-state index is 2.39. The lowest BCUT2D eigenvalue weighted by Crippen LogP contribution is -2.09. The molecule has 0 aliphatic rings. The highest BCUT2D eigenvalue weighted by molar-refractivity contribution is 6.16. The average molecular weight is 715 g/mol. The van der Waals surface area contributed by atoms with E-state index in [1.165, 1.54) is 60.8 Å². The zero-order valence-corrected chi connectivity index (χ0v) is 30.8. The van der Waals surface area contributed by atoms with Crippen molar-refractivity contribution in [2.45, 2.75) is 0 Å². The fourth-order valence-corrected chi connectivity index (χ4v) is 8.19. The van der Waals surface area contributed by atoms with E-state index >= 15 is 0 Å². The minimum Gasteiger partial charge on any atom is -0.310 e. The molecule has 0 radical (unpaired) electrons. The molecule has 10 rings (SSSR count). The standard InChI is InChI=1S/C54H38N2/c1-4-16-39(17-5-1)40-30-32-41(33-31-40)42-34-36-46(37-35-42)55(44-19-6-2-7-20-44)47-23-14-18-43(38-47)48-24-10-11-25-49(48)50-27-15-29-53-54(50)51-26-12-13-28-52(51)56(53)45-21-8-3-9-22-45/h1-38H. The number of fused-ring (bicyclic) bond motifs is 3. The maximum Gasteiger partial charge on any atom is 0.0547 e. The first kappa shape index (κ1) is 33.2. The quantitative estimate of drug-likeness (QED) is 0.152. The summed E-state index contributed by atoms with van der Waals surface area (Å²) < 4.78 is 2.39. The van der Waals surface area contributed by atoms with Gasteiger partial charge in [0.05, 0.1) is 11.0 Å². The van der Waals surface area contributed by atoms with E-state index in [1.54, 1.807) is 0 Å². The molecule has 0 aliphatic carbocycles. The third-order valence-electron chi connectivity index (χ3n) is 10.8. The van der Waals surface area contributed by atoms with Crippen molar-refractivity contribution in [3.05, 3.63) is 231 Å². The fourth-order valence-electron chi connectivity index (χ4n) is 8.19. The smallest absolute Gasteiger partial charge is 0.0547 e. The number of rotatable bonds is 8. The molecule has 0 fully saturated rings. The van der Waals surface area contributed by atoms with Crippen LogP contribution in [0.15, 0.2) is 231 Å². The first-order valence-electron chi connectivity index (χ1n) is 19.2. The van der Waals surface area contributed by atoms with E-state index in [-0.39, 0.29) is 0 Å². The Hall–Kier alpha value is -7.42. The Labute approximate surface area is 327 Å². The van der Waals surface area contributed by atoms with Gasteiger partial charge < -0.3 is 9.47 Å². The monoisotopic (exact) mass is 714 g/mol. The summed E-state index contributed by atoms with van der Waals surface area (Å²) in [7, 11) is 0. The predicted molar refractivity (Wildman–Crippen MR) is 237 cm³/mol. The largest absolute Gasteiger partial charge is 0.310 e. The summed E-state index contributed by atoms with van der Waals surface area (Å²) in [6.45, 7) is 0. The van der Waals surface area contributed by atoms with E-state index in [1.807, 2.05) is 0 Å². The summed E-state index contributed by atoms with van der Waals surface area (Å²) in [6.07, 6.45) is 0. The van der Waals surface area contributed by atoms with E-state index in [2.05, 4.69) is 240 Å². The average Bonchev–Trinajstić information content (AvgIpc) is 3.63. The molecule has 0 atom stereocenters. The van der Waals surface area contributed by atoms with Crippen molar-refractivity contribution in [1.29, 1.82) is 0 Å². The van der Waals surface area contributed by atoms with Crippen molar-refractivity contribution in [3.63, 3.8) is 0 Å². The van der Waals surface area contributed by atoms with Crippen LogP contribution in [-0.2, 0) is 0 Å². The third-order valence-corrected chi connectivity index (χ3v) is 10.8. The van der Waals surface area contributed by atoms with Crippen LogP contribution in [0.25, 0.3) is 72.0 Å². The topological polar surface area (TPSA) is 8.17 Å². The normalized spacial score (nSPS) is 11.2. The van der Waals surface area contributed by atoms with Gasteiger partial charge in [-0.25, -0.2) is 0 Å². The molecule has 10 aromatic rings. The number of para-hydroxylation sites is 3. The first-order chi connectivity index (χ1) is 27.8. The Morgan fingerprint density at radius 3 is 1.46 bits per heavy atom. The Morgan fingerprint density at radius 2 is 0.750 bits per heavy atom. The van der Waals surface area contributed by atoms with Gasteiger partial charge in [0, 0.05) is 33.5 Å². The molecule has 0 amide bonds. The van der Waals surface area contributed by atoms with Crippen LogP contribution in [0.2, 0.25) is 0 Å². The van der Waals surface area contributed by atoms with Crippen molar-refractivity contribution in [1.82, 2.24) is 4.57 Å². The second-order valence-electron chi connectivity index (χ2n) is 14.1. The number of benzene rings is 9. The van der Waals surface area contributed by atoms with Crippen molar-refractivity contribution >= 4 is 38.9 Å². The van der Waals surface area contributed by atoms with Crippen LogP contribution < -0.4 is 4.90 Å². The number of anilines is 3. The molecule has 0 saturated carbocycles. The van der Waals surface area contributed by atoms with Gasteiger partial charge >= 0.3 is 0 Å². The van der Waals surface area contributed by atoms with Crippen LogP contribution in [-0.4, -0.2) is 4.57 Å². The highest BCUT2D eigenvalue weighted by Gasteiger charge is 2.19. The van der Waals surface area contributed by atoms with Gasteiger partial charge in [0.15, 0.2) is 0 Å². The molecular weight excluding hydrogens is 677 g/mol. The summed E-state index contributed by atoms with van der Waals surface area (Å²) in [5.41, 5.74) is 16.5. The molecule has 9 aromatic carbocycles. The Bertz CT molecular complexity index is 2930. The molecule has 2 nitrogen and oxygen atoms in total. The first-order valence-corrected chi connectivity index (χ1v) is 19.2. The van der Waals surface area contributed by atoms with E-state index in [0.29, 0.717) is 0 Å². The Balaban J connectivity index is 1.05. The minimum absolute atomic E-state index is 1.10. The van der Waals surface area contributed by atoms with Gasteiger partial charge in [-0.3, -0.25) is 0 Å². The maximum atomic E-state index is 2.39. The van der Waals surface area contributed by atoms with Gasteiger partial charge in [-0.15, -0.1) is 0 Å². The summed E-state index contributed by atoms with van der Waals surface area (Å²) in [6, 6.07) is 82.9. The molecule has 0 unspecified atom stereocenters. The molecule has 0 aliphatic heterocycles. The van der Waals surface area contributed by atoms with Gasteiger partial charge in [0.1, 0.15) is 0 Å². The van der Waals surface area contributed by atoms with Gasteiger partial charge in [0.25, 0.3) is 0 Å². The van der Waals surface area contributed by atoms with Crippen LogP contribution in [0, 0.1) is 0 Å². The third kappa shape index (κ3) is 6.04. The fraction of sp³-hybridized carbons (Fsp3) is 0. The molecule has 264 valence electrons. The van der Waals surface area contributed by atoms with Crippen molar-refractivity contribution in [3.8, 4) is 50.2 Å². The second-order valence-corrected chi connectivity index (χ2v) is 14.1. The molecule has 0 N–H and O–H groups in total. The van der Waals surface area contributed by atoms with Crippen molar-refractivity contribution < 1.29 is 0 Å². The van der Waals surface area contributed by atoms with Crippen molar-refractivity contribution in [2.75, 3.05) is 4.90 Å². The summed E-state index contributed by atoms with van der Waals surface area (Å²) in [5, 5.41) is 2.51. The Morgan fingerprint density at radius 1 is 0.286 bits per heavy atom. The summed E-state index contributed by atoms with van der Waals surface area (Å²) in [5.74, 6) is 0. The summed E-state index contributed by atoms with van der Waals surface area (Å²) >= 11 is 0.